The van der Waals surface area contributed by atoms with E-state index in [1.54, 1.807) is 23.5 Å². The molecule has 0 bridgehead atoms. The van der Waals surface area contributed by atoms with Gasteiger partial charge in [-0.25, -0.2) is 4.39 Å². The third kappa shape index (κ3) is 4.03. The number of hydrogen-bond donors (Lipinski definition) is 1. The Balaban J connectivity index is 1.61. The molecule has 0 atom stereocenters. The van der Waals surface area contributed by atoms with Crippen LogP contribution >= 0.6 is 27.3 Å². The molecule has 0 aliphatic carbocycles. The number of nitrogens with one attached hydrogen (secondary N) is 1. The molecule has 2 aromatic heterocycles. The highest BCUT2D eigenvalue weighted by molar-refractivity contribution is 9.11. The van der Waals surface area contributed by atoms with Crippen LogP contribution in [0.5, 0.6) is 0 Å². The zero-order valence-corrected chi connectivity index (χ0v) is 17.6. The number of hydrogen-bond acceptors (Lipinski definition) is 2. The standard InChI is InChI=1S/C22H18BrFN2OS/c1-14-2-4-16(5-3-14)13-26-18-11-21(23)28-20(18)10-19(26)22(27)25-12-15-6-8-17(24)9-7-15/h2-11H,12-13H2,1H3,(H,25,27). The van der Waals surface area contributed by atoms with E-state index in [2.05, 4.69) is 52.4 Å². The van der Waals surface area contributed by atoms with Crippen LogP contribution in [0.25, 0.3) is 10.2 Å². The average molecular weight is 457 g/mol. The van der Waals surface area contributed by atoms with Gasteiger partial charge in [-0.1, -0.05) is 42.0 Å². The number of thiophene rings is 1. The van der Waals surface area contributed by atoms with Crippen LogP contribution in [0.1, 0.15) is 27.2 Å². The van der Waals surface area contributed by atoms with Crippen LogP contribution in [0, 0.1) is 12.7 Å². The van der Waals surface area contributed by atoms with E-state index in [1.807, 2.05) is 16.7 Å². The first kappa shape index (κ1) is 18.9. The zero-order chi connectivity index (χ0) is 19.7. The van der Waals surface area contributed by atoms with E-state index >= 15 is 0 Å². The number of nitrogens with zero attached hydrogens (tertiary/aromatic N) is 1. The second-order valence-corrected chi connectivity index (χ2v) is 9.17. The summed E-state index contributed by atoms with van der Waals surface area (Å²) >= 11 is 5.14. The van der Waals surface area contributed by atoms with Gasteiger partial charge in [0.1, 0.15) is 11.5 Å². The van der Waals surface area contributed by atoms with Crippen LogP contribution < -0.4 is 5.32 Å². The SMILES string of the molecule is Cc1ccc(Cn2c(C(=O)NCc3ccc(F)cc3)cc3sc(Br)cc32)cc1. The molecule has 0 saturated carbocycles. The summed E-state index contributed by atoms with van der Waals surface area (Å²) in [6.45, 7) is 3.03. The Morgan fingerprint density at radius 3 is 2.46 bits per heavy atom. The average Bonchev–Trinajstić information content (AvgIpc) is 3.20. The molecule has 2 heterocycles. The lowest BCUT2D eigenvalue weighted by molar-refractivity contribution is 0.0942. The molecule has 1 N–H and O–H groups in total. The summed E-state index contributed by atoms with van der Waals surface area (Å²) in [6.07, 6.45) is 0. The van der Waals surface area contributed by atoms with Gasteiger partial charge in [-0.3, -0.25) is 4.79 Å². The number of benzene rings is 2. The van der Waals surface area contributed by atoms with Crippen LogP contribution in [-0.2, 0) is 13.1 Å². The number of carbonyl (C=O) groups excluding carboxylic acids is 1. The van der Waals surface area contributed by atoms with Gasteiger partial charge in [0.25, 0.3) is 5.91 Å². The number of halogens is 2. The van der Waals surface area contributed by atoms with Crippen LogP contribution in [0.4, 0.5) is 4.39 Å². The van der Waals surface area contributed by atoms with Gasteiger partial charge in [0.2, 0.25) is 0 Å². The molecule has 0 radical (unpaired) electrons. The van der Waals surface area contributed by atoms with Crippen molar-refractivity contribution in [1.82, 2.24) is 9.88 Å². The Kier molecular flexibility index (Phi) is 5.33. The lowest BCUT2D eigenvalue weighted by Crippen LogP contribution is -2.25. The number of aromatic nitrogens is 1. The smallest absolute Gasteiger partial charge is 0.268 e. The van der Waals surface area contributed by atoms with Crippen LogP contribution in [0.15, 0.2) is 64.5 Å². The molecule has 0 aliphatic rings. The summed E-state index contributed by atoms with van der Waals surface area (Å²) in [4.78, 5) is 12.9. The van der Waals surface area contributed by atoms with Gasteiger partial charge < -0.3 is 9.88 Å². The minimum atomic E-state index is -0.284. The van der Waals surface area contributed by atoms with Gasteiger partial charge in [0.05, 0.1) is 14.0 Å². The summed E-state index contributed by atoms with van der Waals surface area (Å²) in [5.74, 6) is -0.427. The molecule has 142 valence electrons. The van der Waals surface area contributed by atoms with E-state index in [0.717, 1.165) is 25.1 Å². The van der Waals surface area contributed by atoms with Gasteiger partial charge in [0, 0.05) is 13.1 Å². The molecular formula is C22H18BrFN2OS. The minimum Gasteiger partial charge on any atom is -0.347 e. The number of fused-ring (bicyclic) bond motifs is 1. The van der Waals surface area contributed by atoms with Gasteiger partial charge in [-0.15, -0.1) is 11.3 Å². The molecule has 6 heteroatoms. The van der Waals surface area contributed by atoms with Crippen molar-refractivity contribution in [3.8, 4) is 0 Å². The first-order valence-corrected chi connectivity index (χ1v) is 10.5. The van der Waals surface area contributed by atoms with Crippen molar-refractivity contribution < 1.29 is 9.18 Å². The maximum absolute atomic E-state index is 13.1. The fraction of sp³-hybridized carbons (Fsp3) is 0.136. The Hall–Kier alpha value is -2.44. The lowest BCUT2D eigenvalue weighted by Gasteiger charge is -2.11. The molecule has 0 unspecified atom stereocenters. The van der Waals surface area contributed by atoms with Crippen LogP contribution in [-0.4, -0.2) is 10.5 Å². The Labute approximate surface area is 174 Å². The first-order valence-electron chi connectivity index (χ1n) is 8.86. The van der Waals surface area contributed by atoms with Crippen LogP contribution in [0.2, 0.25) is 0 Å². The van der Waals surface area contributed by atoms with E-state index < -0.39 is 0 Å². The Bertz CT molecular complexity index is 1130. The number of aryl methyl sites for hydroxylation is 1. The molecule has 0 spiro atoms. The van der Waals surface area contributed by atoms with Crippen molar-refractivity contribution in [1.29, 1.82) is 0 Å². The highest BCUT2D eigenvalue weighted by atomic mass is 79.9. The molecule has 4 rings (SSSR count). The predicted molar refractivity (Wildman–Crippen MR) is 115 cm³/mol. The normalized spacial score (nSPS) is 11.1. The molecule has 1 amide bonds. The molecule has 0 saturated heterocycles. The topological polar surface area (TPSA) is 34.0 Å². The number of rotatable bonds is 5. The number of amides is 1. The zero-order valence-electron chi connectivity index (χ0n) is 15.2. The maximum Gasteiger partial charge on any atom is 0.268 e. The molecular weight excluding hydrogens is 439 g/mol. The van der Waals surface area contributed by atoms with E-state index in [4.69, 9.17) is 0 Å². The summed E-state index contributed by atoms with van der Waals surface area (Å²) < 4.78 is 17.2. The lowest BCUT2D eigenvalue weighted by atomic mass is 10.1. The molecule has 2 aromatic carbocycles. The van der Waals surface area contributed by atoms with E-state index in [0.29, 0.717) is 18.8 Å². The van der Waals surface area contributed by atoms with Gasteiger partial charge in [0.15, 0.2) is 0 Å². The quantitative estimate of drug-likeness (QED) is 0.398. The van der Waals surface area contributed by atoms with Crippen molar-refractivity contribution in [3.05, 3.63) is 92.7 Å². The van der Waals surface area contributed by atoms with Crippen molar-refractivity contribution >= 4 is 43.4 Å². The van der Waals surface area contributed by atoms with Crippen molar-refractivity contribution in [3.63, 3.8) is 0 Å². The summed E-state index contributed by atoms with van der Waals surface area (Å²) in [6, 6.07) is 18.5. The van der Waals surface area contributed by atoms with Crippen LogP contribution in [0.3, 0.4) is 0 Å². The number of carbonyl (C=O) groups is 1. The Morgan fingerprint density at radius 1 is 1.07 bits per heavy atom. The van der Waals surface area contributed by atoms with E-state index in [9.17, 15) is 9.18 Å². The highest BCUT2D eigenvalue weighted by Crippen LogP contribution is 2.33. The molecule has 4 aromatic rings. The molecule has 0 aliphatic heterocycles. The monoisotopic (exact) mass is 456 g/mol. The van der Waals surface area contributed by atoms with Gasteiger partial charge >= 0.3 is 0 Å². The van der Waals surface area contributed by atoms with Gasteiger partial charge in [-0.05, 0) is 58.2 Å². The largest absolute Gasteiger partial charge is 0.347 e. The summed E-state index contributed by atoms with van der Waals surface area (Å²) in [7, 11) is 0. The van der Waals surface area contributed by atoms with E-state index in [1.165, 1.54) is 17.7 Å². The fourth-order valence-electron chi connectivity index (χ4n) is 3.12. The fourth-order valence-corrected chi connectivity index (χ4v) is 4.69. The third-order valence-electron chi connectivity index (χ3n) is 4.62. The summed E-state index contributed by atoms with van der Waals surface area (Å²) in [5.41, 5.74) is 4.85. The van der Waals surface area contributed by atoms with Gasteiger partial charge in [-0.2, -0.15) is 0 Å². The highest BCUT2D eigenvalue weighted by Gasteiger charge is 2.18. The Morgan fingerprint density at radius 2 is 1.75 bits per heavy atom. The predicted octanol–water partition coefficient (Wildman–Crippen LogP) is 5.89. The first-order chi connectivity index (χ1) is 13.5. The maximum atomic E-state index is 13.1. The molecule has 28 heavy (non-hydrogen) atoms. The molecule has 3 nitrogen and oxygen atoms in total. The van der Waals surface area contributed by atoms with E-state index in [-0.39, 0.29) is 11.7 Å². The van der Waals surface area contributed by atoms with Crippen molar-refractivity contribution in [2.75, 3.05) is 0 Å². The second kappa shape index (κ2) is 7.89. The van der Waals surface area contributed by atoms with Crippen molar-refractivity contribution in [2.24, 2.45) is 0 Å². The molecule has 0 fully saturated rings. The third-order valence-corrected chi connectivity index (χ3v) is 6.19. The minimum absolute atomic E-state index is 0.143. The van der Waals surface area contributed by atoms with Crippen molar-refractivity contribution in [2.45, 2.75) is 20.0 Å². The second-order valence-electron chi connectivity index (χ2n) is 6.71. The summed E-state index contributed by atoms with van der Waals surface area (Å²) in [5, 5.41) is 2.95.